The van der Waals surface area contributed by atoms with Crippen molar-refractivity contribution < 1.29 is 9.18 Å². The van der Waals surface area contributed by atoms with Crippen LogP contribution in [0, 0.1) is 5.82 Å². The molecule has 170 valence electrons. The third-order valence-electron chi connectivity index (χ3n) is 5.00. The van der Waals surface area contributed by atoms with Crippen LogP contribution in [0.15, 0.2) is 90.1 Å². The van der Waals surface area contributed by atoms with Crippen LogP contribution in [-0.4, -0.2) is 16.9 Å². The zero-order valence-electron chi connectivity index (χ0n) is 17.8. The van der Waals surface area contributed by atoms with Crippen molar-refractivity contribution in [2.24, 2.45) is 10.7 Å². The van der Waals surface area contributed by atoms with Crippen LogP contribution in [-0.2, 0) is 6.54 Å². The molecule has 0 bridgehead atoms. The van der Waals surface area contributed by atoms with Gasteiger partial charge in [-0.15, -0.1) is 0 Å². The predicted molar refractivity (Wildman–Crippen MR) is 134 cm³/mol. The van der Waals surface area contributed by atoms with Crippen LogP contribution in [0.25, 0.3) is 22.4 Å². The van der Waals surface area contributed by atoms with E-state index in [2.05, 4.69) is 15.3 Å². The topological polar surface area (TPSA) is 80.4 Å². The quantitative estimate of drug-likeness (QED) is 0.260. The molecule has 0 saturated heterocycles. The molecule has 1 heterocycles. The minimum absolute atomic E-state index is 0.0517. The molecule has 1 amide bonds. The minimum atomic E-state index is -0.567. The van der Waals surface area contributed by atoms with Gasteiger partial charge in [-0.25, -0.2) is 4.39 Å². The maximum Gasteiger partial charge on any atom is 0.280 e. The number of nitrogens with two attached hydrogens (primary N) is 1. The Bertz CT molecular complexity index is 1340. The third-order valence-corrected chi connectivity index (χ3v) is 5.51. The summed E-state index contributed by atoms with van der Waals surface area (Å²) in [6, 6.07) is 22.0. The van der Waals surface area contributed by atoms with Crippen molar-refractivity contribution in [3.63, 3.8) is 0 Å². The number of carbonyl (C=O) groups excluding carboxylic acids is 1. The Kier molecular flexibility index (Phi) is 7.21. The molecule has 0 atom stereocenters. The number of guanidine groups is 1. The van der Waals surface area contributed by atoms with E-state index in [1.165, 1.54) is 24.3 Å². The van der Waals surface area contributed by atoms with Crippen LogP contribution in [0.5, 0.6) is 0 Å². The van der Waals surface area contributed by atoms with Gasteiger partial charge >= 0.3 is 0 Å². The van der Waals surface area contributed by atoms with Crippen LogP contribution >= 0.6 is 23.2 Å². The lowest BCUT2D eigenvalue weighted by atomic mass is 9.98. The molecule has 3 N–H and O–H groups in total. The van der Waals surface area contributed by atoms with E-state index in [9.17, 15) is 9.18 Å². The molecule has 0 aliphatic rings. The van der Waals surface area contributed by atoms with Crippen molar-refractivity contribution in [1.29, 1.82) is 0 Å². The summed E-state index contributed by atoms with van der Waals surface area (Å²) in [6.07, 6.45) is 1.73. The molecular formula is C26H19Cl2FN4O. The van der Waals surface area contributed by atoms with Gasteiger partial charge in [-0.1, -0.05) is 47.5 Å². The number of aliphatic imine (C=N–C) groups is 1. The lowest BCUT2D eigenvalue weighted by Gasteiger charge is -2.13. The van der Waals surface area contributed by atoms with Crippen molar-refractivity contribution in [3.05, 3.63) is 112 Å². The average Bonchev–Trinajstić information content (AvgIpc) is 2.84. The molecular weight excluding hydrogens is 474 g/mol. The predicted octanol–water partition coefficient (Wildman–Crippen LogP) is 6.11. The van der Waals surface area contributed by atoms with Gasteiger partial charge in [0.2, 0.25) is 0 Å². The summed E-state index contributed by atoms with van der Waals surface area (Å²) in [4.78, 5) is 20.7. The fourth-order valence-electron chi connectivity index (χ4n) is 3.29. The molecule has 1 aromatic heterocycles. The summed E-state index contributed by atoms with van der Waals surface area (Å²) in [5.74, 6) is -1.05. The Labute approximate surface area is 206 Å². The summed E-state index contributed by atoms with van der Waals surface area (Å²) in [5, 5.41) is 4.20. The number of aromatic nitrogens is 1. The molecule has 3 aromatic carbocycles. The standard InChI is InChI=1S/C26H19Cl2FN4O/c27-20-7-1-17(2-8-20)23-13-16(14-31-24(23)18-3-9-21(28)10-4-18)15-32-26(30)33-25(34)19-5-11-22(29)12-6-19/h1-14H,15H2,(H3,30,32,33,34). The fraction of sp³-hybridized carbons (Fsp3) is 0.0385. The smallest absolute Gasteiger partial charge is 0.280 e. The maximum absolute atomic E-state index is 13.0. The number of amides is 1. The Morgan fingerprint density at radius 3 is 2.12 bits per heavy atom. The van der Waals surface area contributed by atoms with Crippen LogP contribution in [0.2, 0.25) is 10.0 Å². The number of rotatable bonds is 5. The van der Waals surface area contributed by atoms with Crippen molar-refractivity contribution in [1.82, 2.24) is 10.3 Å². The van der Waals surface area contributed by atoms with E-state index in [-0.39, 0.29) is 11.5 Å². The Morgan fingerprint density at radius 1 is 0.912 bits per heavy atom. The van der Waals surface area contributed by atoms with Crippen molar-refractivity contribution in [3.8, 4) is 22.4 Å². The van der Waals surface area contributed by atoms with Gasteiger partial charge in [-0.3, -0.25) is 9.78 Å². The molecule has 34 heavy (non-hydrogen) atoms. The largest absolute Gasteiger partial charge is 0.370 e. The maximum atomic E-state index is 13.0. The van der Waals surface area contributed by atoms with Gasteiger partial charge in [0, 0.05) is 39.5 Å². The summed E-state index contributed by atoms with van der Waals surface area (Å²) < 4.78 is 13.0. The first-order valence-electron chi connectivity index (χ1n) is 10.3. The second kappa shape index (κ2) is 10.5. The number of hydrogen-bond donors (Lipinski definition) is 2. The van der Waals surface area contributed by atoms with Crippen molar-refractivity contribution >= 4 is 35.1 Å². The lowest BCUT2D eigenvalue weighted by Crippen LogP contribution is -2.32. The van der Waals surface area contributed by atoms with E-state index in [0.717, 1.165) is 27.9 Å². The first kappa shape index (κ1) is 23.4. The highest BCUT2D eigenvalue weighted by Crippen LogP contribution is 2.32. The summed E-state index contributed by atoms with van der Waals surface area (Å²) >= 11 is 12.1. The van der Waals surface area contributed by atoms with Gasteiger partial charge in [-0.2, -0.15) is 4.99 Å². The average molecular weight is 493 g/mol. The van der Waals surface area contributed by atoms with E-state index in [1.807, 2.05) is 54.6 Å². The van der Waals surface area contributed by atoms with Crippen molar-refractivity contribution in [2.75, 3.05) is 0 Å². The monoisotopic (exact) mass is 492 g/mol. The molecule has 0 spiro atoms. The van der Waals surface area contributed by atoms with Gasteiger partial charge in [-0.05, 0) is 65.7 Å². The molecule has 0 radical (unpaired) electrons. The molecule has 0 unspecified atom stereocenters. The van der Waals surface area contributed by atoms with Crippen LogP contribution < -0.4 is 11.1 Å². The molecule has 0 fully saturated rings. The first-order valence-corrected chi connectivity index (χ1v) is 11.0. The molecule has 0 aliphatic carbocycles. The second-order valence-corrected chi connectivity index (χ2v) is 8.29. The third kappa shape index (κ3) is 5.78. The van der Waals surface area contributed by atoms with Gasteiger partial charge in [0.05, 0.1) is 5.69 Å². The SMILES string of the molecule is N/C(=N/C(=O)c1ccc(F)cc1)NCc1cnc(-c2ccc(Cl)cc2)c(-c2ccc(Cl)cc2)c1. The number of halogens is 3. The first-order chi connectivity index (χ1) is 16.4. The van der Waals surface area contributed by atoms with E-state index in [1.54, 1.807) is 6.20 Å². The highest BCUT2D eigenvalue weighted by Gasteiger charge is 2.12. The van der Waals surface area contributed by atoms with E-state index >= 15 is 0 Å². The van der Waals surface area contributed by atoms with E-state index < -0.39 is 11.7 Å². The second-order valence-electron chi connectivity index (χ2n) is 7.42. The fourth-order valence-corrected chi connectivity index (χ4v) is 3.54. The minimum Gasteiger partial charge on any atom is -0.370 e. The Morgan fingerprint density at radius 2 is 1.50 bits per heavy atom. The number of hydrogen-bond acceptors (Lipinski definition) is 2. The number of carbonyl (C=O) groups is 1. The van der Waals surface area contributed by atoms with Gasteiger partial charge in [0.1, 0.15) is 5.82 Å². The van der Waals surface area contributed by atoms with Gasteiger partial charge in [0.15, 0.2) is 5.96 Å². The molecule has 8 heteroatoms. The van der Waals surface area contributed by atoms with Gasteiger partial charge in [0.25, 0.3) is 5.91 Å². The molecule has 4 aromatic rings. The Balaban J connectivity index is 1.58. The zero-order valence-corrected chi connectivity index (χ0v) is 19.3. The van der Waals surface area contributed by atoms with E-state index in [4.69, 9.17) is 28.9 Å². The highest BCUT2D eigenvalue weighted by atomic mass is 35.5. The molecule has 4 rings (SSSR count). The summed E-state index contributed by atoms with van der Waals surface area (Å²) in [7, 11) is 0. The number of nitrogens with one attached hydrogen (secondary N) is 1. The van der Waals surface area contributed by atoms with Crippen LogP contribution in [0.4, 0.5) is 4.39 Å². The zero-order chi connectivity index (χ0) is 24.1. The van der Waals surface area contributed by atoms with E-state index in [0.29, 0.717) is 16.6 Å². The molecule has 5 nitrogen and oxygen atoms in total. The van der Waals surface area contributed by atoms with Crippen LogP contribution in [0.3, 0.4) is 0 Å². The number of pyridine rings is 1. The summed E-state index contributed by atoms with van der Waals surface area (Å²) in [6.45, 7) is 0.292. The lowest BCUT2D eigenvalue weighted by molar-refractivity contribution is 0.100. The normalized spacial score (nSPS) is 11.3. The Hall–Kier alpha value is -3.74. The van der Waals surface area contributed by atoms with Crippen molar-refractivity contribution in [2.45, 2.75) is 6.54 Å². The van der Waals surface area contributed by atoms with Gasteiger partial charge < -0.3 is 11.1 Å². The van der Waals surface area contributed by atoms with Crippen LogP contribution in [0.1, 0.15) is 15.9 Å². The highest BCUT2D eigenvalue weighted by molar-refractivity contribution is 6.31. The molecule has 0 saturated carbocycles. The number of benzene rings is 3. The number of nitrogens with zero attached hydrogens (tertiary/aromatic N) is 2. The molecule has 0 aliphatic heterocycles. The summed E-state index contributed by atoms with van der Waals surface area (Å²) in [5.41, 5.74) is 10.5.